The van der Waals surface area contributed by atoms with Crippen LogP contribution in [0.4, 0.5) is 13.2 Å². The third-order valence-corrected chi connectivity index (χ3v) is 3.06. The van der Waals surface area contributed by atoms with E-state index in [4.69, 9.17) is 0 Å². The number of aryl methyl sites for hydroxylation is 1. The lowest BCUT2D eigenvalue weighted by molar-refractivity contribution is -0.206. The Balaban J connectivity index is 2.56. The van der Waals surface area contributed by atoms with Crippen molar-refractivity contribution in [1.29, 1.82) is 0 Å². The van der Waals surface area contributed by atoms with Crippen LogP contribution in [-0.2, 0) is 0 Å². The van der Waals surface area contributed by atoms with E-state index in [1.165, 1.54) is 16.8 Å². The minimum absolute atomic E-state index is 0.195. The lowest BCUT2D eigenvalue weighted by Gasteiger charge is -2.18. The van der Waals surface area contributed by atoms with E-state index in [0.29, 0.717) is 10.2 Å². The summed E-state index contributed by atoms with van der Waals surface area (Å²) in [7, 11) is 0. The predicted octanol–water partition coefficient (Wildman–Crippen LogP) is 3.54. The van der Waals surface area contributed by atoms with Gasteiger partial charge in [-0.3, -0.25) is 0 Å². The van der Waals surface area contributed by atoms with Crippen molar-refractivity contribution in [3.8, 4) is 5.69 Å². The molecular formula is C12H10BrF3N2O. The molecule has 0 amide bonds. The standard InChI is InChI=1S/C12H10BrF3N2O/c1-7-4-5-18(17-7)10-3-2-8(13)6-9(10)11(19)12(14,15)16/h2-6,11,19H,1H3. The first-order valence-electron chi connectivity index (χ1n) is 5.36. The van der Waals surface area contributed by atoms with Crippen molar-refractivity contribution in [2.45, 2.75) is 19.2 Å². The van der Waals surface area contributed by atoms with Gasteiger partial charge in [0, 0.05) is 16.2 Å². The van der Waals surface area contributed by atoms with Gasteiger partial charge in [-0.25, -0.2) is 4.68 Å². The van der Waals surface area contributed by atoms with Gasteiger partial charge in [-0.05, 0) is 31.2 Å². The van der Waals surface area contributed by atoms with Crippen LogP contribution in [-0.4, -0.2) is 21.1 Å². The first-order chi connectivity index (χ1) is 8.79. The van der Waals surface area contributed by atoms with E-state index in [1.54, 1.807) is 25.3 Å². The number of aliphatic hydroxyl groups excluding tert-OH is 1. The zero-order valence-electron chi connectivity index (χ0n) is 9.82. The third-order valence-electron chi connectivity index (χ3n) is 2.56. The summed E-state index contributed by atoms with van der Waals surface area (Å²) in [5.74, 6) is 0. The lowest BCUT2D eigenvalue weighted by Crippen LogP contribution is -2.22. The Labute approximate surface area is 115 Å². The number of halogens is 4. The first kappa shape index (κ1) is 14.1. The maximum Gasteiger partial charge on any atom is 0.418 e. The molecule has 0 aliphatic rings. The van der Waals surface area contributed by atoms with Crippen molar-refractivity contribution in [1.82, 2.24) is 9.78 Å². The fraction of sp³-hybridized carbons (Fsp3) is 0.250. The van der Waals surface area contributed by atoms with E-state index >= 15 is 0 Å². The number of aromatic nitrogens is 2. The van der Waals surface area contributed by atoms with Gasteiger partial charge in [-0.1, -0.05) is 15.9 Å². The molecule has 102 valence electrons. The van der Waals surface area contributed by atoms with Gasteiger partial charge in [0.05, 0.1) is 11.4 Å². The molecule has 0 fully saturated rings. The summed E-state index contributed by atoms with van der Waals surface area (Å²) in [4.78, 5) is 0. The number of hydrogen-bond donors (Lipinski definition) is 1. The molecule has 1 aromatic heterocycles. The Bertz CT molecular complexity index is 595. The number of alkyl halides is 3. The zero-order valence-corrected chi connectivity index (χ0v) is 11.4. The van der Waals surface area contributed by atoms with Gasteiger partial charge in [-0.15, -0.1) is 0 Å². The molecule has 2 rings (SSSR count). The average Bonchev–Trinajstić information content (AvgIpc) is 2.73. The summed E-state index contributed by atoms with van der Waals surface area (Å²) in [6.07, 6.45) is -5.73. The molecular weight excluding hydrogens is 325 g/mol. The van der Waals surface area contributed by atoms with Crippen LogP contribution in [0, 0.1) is 6.92 Å². The number of rotatable bonds is 2. The van der Waals surface area contributed by atoms with Crippen molar-refractivity contribution >= 4 is 15.9 Å². The van der Waals surface area contributed by atoms with Gasteiger partial charge < -0.3 is 5.11 Å². The van der Waals surface area contributed by atoms with Gasteiger partial charge in [-0.2, -0.15) is 18.3 Å². The molecule has 1 heterocycles. The van der Waals surface area contributed by atoms with Crippen LogP contribution in [0.5, 0.6) is 0 Å². The maximum absolute atomic E-state index is 12.7. The number of aliphatic hydroxyl groups is 1. The molecule has 0 spiro atoms. The second-order valence-electron chi connectivity index (χ2n) is 4.05. The number of benzene rings is 1. The molecule has 19 heavy (non-hydrogen) atoms. The summed E-state index contributed by atoms with van der Waals surface area (Å²) in [6.45, 7) is 1.73. The molecule has 0 radical (unpaired) electrons. The van der Waals surface area contributed by atoms with E-state index in [0.717, 1.165) is 0 Å². The number of hydrogen-bond acceptors (Lipinski definition) is 2. The van der Waals surface area contributed by atoms with Crippen molar-refractivity contribution in [3.63, 3.8) is 0 Å². The molecule has 7 heteroatoms. The van der Waals surface area contributed by atoms with Crippen LogP contribution in [0.1, 0.15) is 17.4 Å². The lowest BCUT2D eigenvalue weighted by atomic mass is 10.1. The maximum atomic E-state index is 12.7. The monoisotopic (exact) mass is 334 g/mol. The number of nitrogens with zero attached hydrogens (tertiary/aromatic N) is 2. The summed E-state index contributed by atoms with van der Waals surface area (Å²) in [6, 6.07) is 5.98. The van der Waals surface area contributed by atoms with E-state index in [1.807, 2.05) is 0 Å². The van der Waals surface area contributed by atoms with E-state index < -0.39 is 12.3 Å². The average molecular weight is 335 g/mol. The zero-order chi connectivity index (χ0) is 14.2. The predicted molar refractivity (Wildman–Crippen MR) is 67.0 cm³/mol. The van der Waals surface area contributed by atoms with Crippen LogP contribution >= 0.6 is 15.9 Å². The molecule has 0 aliphatic heterocycles. The fourth-order valence-electron chi connectivity index (χ4n) is 1.68. The highest BCUT2D eigenvalue weighted by molar-refractivity contribution is 9.10. The molecule has 0 saturated carbocycles. The molecule has 2 aromatic rings. The smallest absolute Gasteiger partial charge is 0.379 e. The highest BCUT2D eigenvalue weighted by atomic mass is 79.9. The summed E-state index contributed by atoms with van der Waals surface area (Å²) in [5, 5.41) is 13.5. The SMILES string of the molecule is Cc1ccn(-c2ccc(Br)cc2C(O)C(F)(F)F)n1. The van der Waals surface area contributed by atoms with Gasteiger partial charge in [0.2, 0.25) is 0 Å². The van der Waals surface area contributed by atoms with Crippen LogP contribution in [0.3, 0.4) is 0 Å². The van der Waals surface area contributed by atoms with Crippen molar-refractivity contribution < 1.29 is 18.3 Å². The van der Waals surface area contributed by atoms with Crippen LogP contribution in [0.2, 0.25) is 0 Å². The third kappa shape index (κ3) is 2.98. The molecule has 0 saturated heterocycles. The largest absolute Gasteiger partial charge is 0.418 e. The summed E-state index contributed by atoms with van der Waals surface area (Å²) in [5.41, 5.74) is 0.626. The minimum atomic E-state index is -4.72. The Hall–Kier alpha value is -1.34. The van der Waals surface area contributed by atoms with E-state index in [9.17, 15) is 18.3 Å². The second-order valence-corrected chi connectivity index (χ2v) is 4.96. The normalized spacial score (nSPS) is 13.6. The molecule has 1 aromatic carbocycles. The fourth-order valence-corrected chi connectivity index (χ4v) is 2.06. The highest BCUT2D eigenvalue weighted by Gasteiger charge is 2.40. The Morgan fingerprint density at radius 1 is 1.32 bits per heavy atom. The molecule has 1 unspecified atom stereocenters. The Morgan fingerprint density at radius 2 is 2.00 bits per heavy atom. The van der Waals surface area contributed by atoms with Crippen molar-refractivity contribution in [2.24, 2.45) is 0 Å². The first-order valence-corrected chi connectivity index (χ1v) is 6.15. The topological polar surface area (TPSA) is 38.0 Å². The van der Waals surface area contributed by atoms with E-state index in [-0.39, 0.29) is 11.3 Å². The van der Waals surface area contributed by atoms with Gasteiger partial charge in [0.25, 0.3) is 0 Å². The van der Waals surface area contributed by atoms with E-state index in [2.05, 4.69) is 21.0 Å². The molecule has 1 N–H and O–H groups in total. The van der Waals surface area contributed by atoms with Crippen LogP contribution in [0.25, 0.3) is 5.69 Å². The van der Waals surface area contributed by atoms with Gasteiger partial charge in [0.1, 0.15) is 0 Å². The molecule has 3 nitrogen and oxygen atoms in total. The molecule has 0 aliphatic carbocycles. The van der Waals surface area contributed by atoms with Crippen molar-refractivity contribution in [2.75, 3.05) is 0 Å². The Morgan fingerprint density at radius 3 is 2.53 bits per heavy atom. The highest BCUT2D eigenvalue weighted by Crippen LogP contribution is 2.36. The van der Waals surface area contributed by atoms with Crippen LogP contribution < -0.4 is 0 Å². The van der Waals surface area contributed by atoms with Gasteiger partial charge >= 0.3 is 6.18 Å². The molecule has 0 bridgehead atoms. The Kier molecular flexibility index (Phi) is 3.69. The summed E-state index contributed by atoms with van der Waals surface area (Å²) >= 11 is 3.10. The summed E-state index contributed by atoms with van der Waals surface area (Å²) < 4.78 is 39.8. The minimum Gasteiger partial charge on any atom is -0.379 e. The van der Waals surface area contributed by atoms with Crippen LogP contribution in [0.15, 0.2) is 34.9 Å². The van der Waals surface area contributed by atoms with Gasteiger partial charge in [0.15, 0.2) is 6.10 Å². The quantitative estimate of drug-likeness (QED) is 0.912. The van der Waals surface area contributed by atoms with Crippen molar-refractivity contribution in [3.05, 3.63) is 46.2 Å². The second kappa shape index (κ2) is 4.97. The molecule has 1 atom stereocenters.